The van der Waals surface area contributed by atoms with E-state index in [1.165, 1.54) is 19.3 Å². The van der Waals surface area contributed by atoms with Crippen molar-refractivity contribution in [2.45, 2.75) is 25.3 Å². The minimum atomic E-state index is 0.214. The van der Waals surface area contributed by atoms with Crippen molar-refractivity contribution in [3.8, 4) is 0 Å². The van der Waals surface area contributed by atoms with Crippen LogP contribution >= 0.6 is 0 Å². The van der Waals surface area contributed by atoms with Gasteiger partial charge in [0.25, 0.3) is 0 Å². The lowest BCUT2D eigenvalue weighted by Gasteiger charge is -2.24. The third-order valence-corrected chi connectivity index (χ3v) is 3.80. The largest absolute Gasteiger partial charge is 0.411 e. The Hall–Kier alpha value is -1.58. The number of pyridine rings is 1. The molecule has 1 aromatic rings. The van der Waals surface area contributed by atoms with E-state index >= 15 is 0 Å². The van der Waals surface area contributed by atoms with Crippen LogP contribution in [-0.2, 0) is 0 Å². The molecule has 3 rings (SSSR count). The van der Waals surface area contributed by atoms with E-state index in [1.807, 2.05) is 12.1 Å². The molecule has 2 bridgehead atoms. The zero-order chi connectivity index (χ0) is 11.0. The standard InChI is InChI=1S/C12H15N3O/c16-15-12-9-2-1-8(7-9)11(12)14-10-3-5-13-6-4-10/h3-6,8-9,11,16H,1-2,7H2,(H,13,14)/b15-12-/t8-,9+,11-/m1/s1. The van der Waals surface area contributed by atoms with Crippen molar-refractivity contribution in [3.05, 3.63) is 24.5 Å². The number of aromatic nitrogens is 1. The minimum Gasteiger partial charge on any atom is -0.411 e. The minimum absolute atomic E-state index is 0.214. The fraction of sp³-hybridized carbons (Fsp3) is 0.500. The van der Waals surface area contributed by atoms with E-state index in [-0.39, 0.29) is 6.04 Å². The summed E-state index contributed by atoms with van der Waals surface area (Å²) < 4.78 is 0. The molecule has 3 atom stereocenters. The van der Waals surface area contributed by atoms with Gasteiger partial charge in [0.05, 0.1) is 11.8 Å². The average molecular weight is 217 g/mol. The molecular formula is C12H15N3O. The highest BCUT2D eigenvalue weighted by Crippen LogP contribution is 2.43. The van der Waals surface area contributed by atoms with Gasteiger partial charge in [0.1, 0.15) is 0 Å². The Morgan fingerprint density at radius 3 is 2.88 bits per heavy atom. The first kappa shape index (κ1) is 9.63. The number of hydrogen-bond acceptors (Lipinski definition) is 4. The fourth-order valence-electron chi connectivity index (χ4n) is 3.05. The van der Waals surface area contributed by atoms with Gasteiger partial charge in [-0.1, -0.05) is 5.16 Å². The first-order chi connectivity index (χ1) is 7.88. The van der Waals surface area contributed by atoms with Crippen LogP contribution in [-0.4, -0.2) is 21.9 Å². The normalized spacial score (nSPS) is 34.5. The maximum Gasteiger partial charge on any atom is 0.0826 e. The van der Waals surface area contributed by atoms with Crippen LogP contribution < -0.4 is 5.32 Å². The molecule has 0 spiro atoms. The summed E-state index contributed by atoms with van der Waals surface area (Å²) in [7, 11) is 0. The number of hydrogen-bond donors (Lipinski definition) is 2. The van der Waals surface area contributed by atoms with Crippen molar-refractivity contribution >= 4 is 11.4 Å². The average Bonchev–Trinajstić information content (AvgIpc) is 2.91. The number of nitrogens with zero attached hydrogens (tertiary/aromatic N) is 2. The van der Waals surface area contributed by atoms with Crippen LogP contribution in [0.5, 0.6) is 0 Å². The van der Waals surface area contributed by atoms with Crippen LogP contribution in [0.2, 0.25) is 0 Å². The smallest absolute Gasteiger partial charge is 0.0826 e. The highest BCUT2D eigenvalue weighted by Gasteiger charge is 2.45. The number of fused-ring (bicyclic) bond motifs is 2. The van der Waals surface area contributed by atoms with E-state index in [1.54, 1.807) is 12.4 Å². The van der Waals surface area contributed by atoms with Crippen LogP contribution in [0.15, 0.2) is 29.7 Å². The van der Waals surface area contributed by atoms with E-state index in [4.69, 9.17) is 5.21 Å². The summed E-state index contributed by atoms with van der Waals surface area (Å²) in [5.74, 6) is 1.12. The van der Waals surface area contributed by atoms with Crippen molar-refractivity contribution in [3.63, 3.8) is 0 Å². The van der Waals surface area contributed by atoms with Crippen LogP contribution in [0.25, 0.3) is 0 Å². The highest BCUT2D eigenvalue weighted by atomic mass is 16.4. The number of rotatable bonds is 2. The molecule has 0 amide bonds. The van der Waals surface area contributed by atoms with Crippen molar-refractivity contribution in [1.29, 1.82) is 0 Å². The van der Waals surface area contributed by atoms with Crippen LogP contribution in [0.3, 0.4) is 0 Å². The van der Waals surface area contributed by atoms with Gasteiger partial charge in [0.15, 0.2) is 0 Å². The Labute approximate surface area is 94.4 Å². The molecule has 1 aromatic heterocycles. The van der Waals surface area contributed by atoms with Crippen LogP contribution in [0, 0.1) is 11.8 Å². The van der Waals surface area contributed by atoms with E-state index in [2.05, 4.69) is 15.5 Å². The van der Waals surface area contributed by atoms with E-state index < -0.39 is 0 Å². The molecule has 4 nitrogen and oxygen atoms in total. The lowest BCUT2D eigenvalue weighted by molar-refractivity contribution is 0.312. The third kappa shape index (κ3) is 1.45. The Kier molecular flexibility index (Phi) is 2.27. The summed E-state index contributed by atoms with van der Waals surface area (Å²) in [5.41, 5.74) is 1.99. The van der Waals surface area contributed by atoms with Gasteiger partial charge < -0.3 is 10.5 Å². The fourth-order valence-corrected chi connectivity index (χ4v) is 3.05. The molecule has 2 N–H and O–H groups in total. The van der Waals surface area contributed by atoms with E-state index in [9.17, 15) is 0 Å². The van der Waals surface area contributed by atoms with Gasteiger partial charge in [-0.25, -0.2) is 0 Å². The maximum atomic E-state index is 9.07. The van der Waals surface area contributed by atoms with Gasteiger partial charge in [-0.15, -0.1) is 0 Å². The first-order valence-corrected chi connectivity index (χ1v) is 5.77. The lowest BCUT2D eigenvalue weighted by Crippen LogP contribution is -2.35. The summed E-state index contributed by atoms with van der Waals surface area (Å²) in [6.07, 6.45) is 7.13. The Balaban J connectivity index is 1.80. The van der Waals surface area contributed by atoms with Crippen molar-refractivity contribution in [2.24, 2.45) is 17.0 Å². The maximum absolute atomic E-state index is 9.07. The molecule has 2 aliphatic rings. The molecule has 2 aliphatic carbocycles. The molecule has 2 saturated carbocycles. The SMILES string of the molecule is O/N=C1/[C@H]2CC[C@H](C2)[C@H]1Nc1ccncc1. The zero-order valence-corrected chi connectivity index (χ0v) is 9.00. The highest BCUT2D eigenvalue weighted by molar-refractivity contribution is 5.96. The van der Waals surface area contributed by atoms with Crippen LogP contribution in [0.1, 0.15) is 19.3 Å². The monoisotopic (exact) mass is 217 g/mol. The Morgan fingerprint density at radius 1 is 1.31 bits per heavy atom. The summed E-state index contributed by atoms with van der Waals surface area (Å²) >= 11 is 0. The summed E-state index contributed by atoms with van der Waals surface area (Å²) in [6, 6.07) is 4.10. The molecule has 0 saturated heterocycles. The summed E-state index contributed by atoms with van der Waals surface area (Å²) in [5, 5.41) is 16.0. The van der Waals surface area contributed by atoms with E-state index in [0.717, 1.165) is 11.4 Å². The molecule has 4 heteroatoms. The van der Waals surface area contributed by atoms with Gasteiger partial charge in [0.2, 0.25) is 0 Å². The Bertz CT molecular complexity index is 404. The van der Waals surface area contributed by atoms with Crippen molar-refractivity contribution in [2.75, 3.05) is 5.32 Å². The predicted octanol–water partition coefficient (Wildman–Crippen LogP) is 2.12. The first-order valence-electron chi connectivity index (χ1n) is 5.77. The van der Waals surface area contributed by atoms with Crippen LogP contribution in [0.4, 0.5) is 5.69 Å². The summed E-state index contributed by atoms with van der Waals surface area (Å²) in [6.45, 7) is 0. The molecule has 0 radical (unpaired) electrons. The quantitative estimate of drug-likeness (QED) is 0.589. The molecule has 0 aromatic carbocycles. The molecule has 16 heavy (non-hydrogen) atoms. The lowest BCUT2D eigenvalue weighted by atomic mass is 9.93. The van der Waals surface area contributed by atoms with E-state index in [0.29, 0.717) is 11.8 Å². The number of anilines is 1. The van der Waals surface area contributed by atoms with Gasteiger partial charge in [-0.05, 0) is 37.3 Å². The van der Waals surface area contributed by atoms with Crippen molar-refractivity contribution < 1.29 is 5.21 Å². The summed E-state index contributed by atoms with van der Waals surface area (Å²) in [4.78, 5) is 3.99. The molecule has 0 unspecified atom stereocenters. The molecule has 0 aliphatic heterocycles. The molecule has 2 fully saturated rings. The van der Waals surface area contributed by atoms with Crippen molar-refractivity contribution in [1.82, 2.24) is 4.98 Å². The molecular weight excluding hydrogens is 202 g/mol. The van der Waals surface area contributed by atoms with Gasteiger partial charge in [0, 0.05) is 24.0 Å². The zero-order valence-electron chi connectivity index (χ0n) is 9.00. The Morgan fingerprint density at radius 2 is 2.12 bits per heavy atom. The van der Waals surface area contributed by atoms with Gasteiger partial charge in [-0.3, -0.25) is 4.98 Å². The number of oxime groups is 1. The second-order valence-corrected chi connectivity index (χ2v) is 4.65. The predicted molar refractivity (Wildman–Crippen MR) is 61.7 cm³/mol. The van der Waals surface area contributed by atoms with Gasteiger partial charge >= 0.3 is 0 Å². The number of nitrogens with one attached hydrogen (secondary N) is 1. The second-order valence-electron chi connectivity index (χ2n) is 4.65. The second kappa shape index (κ2) is 3.77. The van der Waals surface area contributed by atoms with Gasteiger partial charge in [-0.2, -0.15) is 0 Å². The molecule has 84 valence electrons. The topological polar surface area (TPSA) is 57.5 Å². The molecule has 1 heterocycles. The third-order valence-electron chi connectivity index (χ3n) is 3.80.